The molecule has 1 heterocycles. The van der Waals surface area contributed by atoms with Crippen molar-refractivity contribution >= 4 is 11.9 Å². The number of amides is 2. The number of hydrogen-bond donors (Lipinski definition) is 1. The summed E-state index contributed by atoms with van der Waals surface area (Å²) in [5.74, 6) is 0.390. The largest absolute Gasteiger partial charge is 0.385 e. The average molecular weight is 229 g/mol. The van der Waals surface area contributed by atoms with Gasteiger partial charge in [0.15, 0.2) is 0 Å². The Bertz CT molecular complexity index is 453. The fourth-order valence-electron chi connectivity index (χ4n) is 1.94. The van der Waals surface area contributed by atoms with Crippen molar-refractivity contribution in [3.8, 4) is 0 Å². The zero-order chi connectivity index (χ0) is 12.3. The Morgan fingerprint density at radius 2 is 2.12 bits per heavy atom. The lowest BCUT2D eigenvalue weighted by molar-refractivity contribution is 0.212. The van der Waals surface area contributed by atoms with E-state index in [0.29, 0.717) is 18.8 Å². The molecule has 17 heavy (non-hydrogen) atoms. The Balaban J connectivity index is 2.16. The van der Waals surface area contributed by atoms with Crippen molar-refractivity contribution in [1.82, 2.24) is 4.90 Å². The highest BCUT2D eigenvalue weighted by Gasteiger charge is 2.32. The minimum atomic E-state index is -0.275. The van der Waals surface area contributed by atoms with Crippen LogP contribution in [-0.2, 0) is 6.42 Å². The maximum atomic E-state index is 11.6. The van der Waals surface area contributed by atoms with Gasteiger partial charge in [0.2, 0.25) is 0 Å². The molecule has 4 nitrogen and oxygen atoms in total. The van der Waals surface area contributed by atoms with E-state index < -0.39 is 0 Å². The van der Waals surface area contributed by atoms with Gasteiger partial charge in [-0.25, -0.2) is 4.79 Å². The van der Waals surface area contributed by atoms with Crippen molar-refractivity contribution in [3.63, 3.8) is 0 Å². The summed E-state index contributed by atoms with van der Waals surface area (Å²) in [4.78, 5) is 17.0. The van der Waals surface area contributed by atoms with Gasteiger partial charge in [0.1, 0.15) is 5.84 Å². The predicted octanol–water partition coefficient (Wildman–Crippen LogP) is 1.58. The van der Waals surface area contributed by atoms with Crippen LogP contribution in [0.15, 0.2) is 48.0 Å². The van der Waals surface area contributed by atoms with Crippen molar-refractivity contribution in [2.45, 2.75) is 12.5 Å². The summed E-state index contributed by atoms with van der Waals surface area (Å²) < 4.78 is 0. The molecule has 0 saturated carbocycles. The van der Waals surface area contributed by atoms with E-state index in [-0.39, 0.29) is 12.1 Å². The third-order valence-electron chi connectivity index (χ3n) is 2.79. The molecule has 0 bridgehead atoms. The van der Waals surface area contributed by atoms with Gasteiger partial charge in [-0.2, -0.15) is 4.99 Å². The summed E-state index contributed by atoms with van der Waals surface area (Å²) in [6.07, 6.45) is 2.37. The van der Waals surface area contributed by atoms with Crippen molar-refractivity contribution in [2.75, 3.05) is 6.54 Å². The van der Waals surface area contributed by atoms with Gasteiger partial charge in [-0.15, -0.1) is 6.58 Å². The standard InChI is InChI=1S/C13H15N3O/c1-2-8-16-11(12(14)15-13(16)17)9-10-6-4-3-5-7-10/h2-7,11H,1,8-9H2,(H2,14,15,17). The van der Waals surface area contributed by atoms with E-state index in [0.717, 1.165) is 5.56 Å². The van der Waals surface area contributed by atoms with Gasteiger partial charge < -0.3 is 10.6 Å². The van der Waals surface area contributed by atoms with E-state index in [4.69, 9.17) is 5.73 Å². The second-order valence-electron chi connectivity index (χ2n) is 3.97. The highest BCUT2D eigenvalue weighted by molar-refractivity contribution is 6.03. The number of carbonyl (C=O) groups excluding carboxylic acids is 1. The van der Waals surface area contributed by atoms with Crippen molar-refractivity contribution in [2.24, 2.45) is 10.7 Å². The SMILES string of the molecule is C=CCN1C(=O)N=C(N)C1Cc1ccccc1. The second kappa shape index (κ2) is 4.82. The van der Waals surface area contributed by atoms with E-state index in [1.165, 1.54) is 0 Å². The minimum absolute atomic E-state index is 0.150. The van der Waals surface area contributed by atoms with Crippen LogP contribution in [-0.4, -0.2) is 29.4 Å². The number of rotatable bonds is 4. The van der Waals surface area contributed by atoms with Gasteiger partial charge in [-0.1, -0.05) is 36.4 Å². The summed E-state index contributed by atoms with van der Waals surface area (Å²) in [5.41, 5.74) is 6.93. The van der Waals surface area contributed by atoms with Crippen LogP contribution in [0.2, 0.25) is 0 Å². The Labute approximate surface area is 100 Å². The smallest absolute Gasteiger partial charge is 0.346 e. The summed E-state index contributed by atoms with van der Waals surface area (Å²) in [7, 11) is 0. The van der Waals surface area contributed by atoms with Gasteiger partial charge in [0.05, 0.1) is 6.04 Å². The van der Waals surface area contributed by atoms with Crippen LogP contribution in [0.5, 0.6) is 0 Å². The first-order valence-corrected chi connectivity index (χ1v) is 5.52. The predicted molar refractivity (Wildman–Crippen MR) is 67.9 cm³/mol. The number of hydrogen-bond acceptors (Lipinski definition) is 2. The van der Waals surface area contributed by atoms with Crippen LogP contribution in [0.25, 0.3) is 0 Å². The third-order valence-corrected chi connectivity index (χ3v) is 2.79. The van der Waals surface area contributed by atoms with Gasteiger partial charge in [-0.05, 0) is 5.56 Å². The fraction of sp³-hybridized carbons (Fsp3) is 0.231. The quantitative estimate of drug-likeness (QED) is 0.797. The van der Waals surface area contributed by atoms with E-state index in [9.17, 15) is 4.79 Å². The fourth-order valence-corrected chi connectivity index (χ4v) is 1.94. The van der Waals surface area contributed by atoms with Gasteiger partial charge in [-0.3, -0.25) is 0 Å². The zero-order valence-corrected chi connectivity index (χ0v) is 9.54. The highest BCUT2D eigenvalue weighted by atomic mass is 16.2. The molecule has 2 amide bonds. The molecule has 1 aliphatic heterocycles. The monoisotopic (exact) mass is 229 g/mol. The van der Waals surface area contributed by atoms with E-state index >= 15 is 0 Å². The lowest BCUT2D eigenvalue weighted by Crippen LogP contribution is -2.42. The minimum Gasteiger partial charge on any atom is -0.385 e. The number of benzene rings is 1. The van der Waals surface area contributed by atoms with Crippen LogP contribution in [0, 0.1) is 0 Å². The molecule has 1 aliphatic rings. The van der Waals surface area contributed by atoms with Crippen LogP contribution in [0.3, 0.4) is 0 Å². The number of amidine groups is 1. The average Bonchev–Trinajstić information content (AvgIpc) is 2.58. The van der Waals surface area contributed by atoms with E-state index in [1.807, 2.05) is 30.3 Å². The molecule has 1 unspecified atom stereocenters. The van der Waals surface area contributed by atoms with Crippen LogP contribution >= 0.6 is 0 Å². The summed E-state index contributed by atoms with van der Waals surface area (Å²) in [5, 5.41) is 0. The Morgan fingerprint density at radius 3 is 2.76 bits per heavy atom. The van der Waals surface area contributed by atoms with Crippen molar-refractivity contribution < 1.29 is 4.79 Å². The molecule has 2 rings (SSSR count). The van der Waals surface area contributed by atoms with E-state index in [2.05, 4.69) is 11.6 Å². The van der Waals surface area contributed by atoms with Gasteiger partial charge in [0.25, 0.3) is 0 Å². The molecular formula is C13H15N3O. The summed E-state index contributed by atoms with van der Waals surface area (Å²) in [6, 6.07) is 9.51. The molecule has 0 spiro atoms. The molecular weight excluding hydrogens is 214 g/mol. The highest BCUT2D eigenvalue weighted by Crippen LogP contribution is 2.15. The molecule has 4 heteroatoms. The zero-order valence-electron chi connectivity index (χ0n) is 9.54. The third kappa shape index (κ3) is 2.36. The van der Waals surface area contributed by atoms with Gasteiger partial charge in [0, 0.05) is 13.0 Å². The van der Waals surface area contributed by atoms with Crippen LogP contribution < -0.4 is 5.73 Å². The molecule has 88 valence electrons. The Morgan fingerprint density at radius 1 is 1.41 bits per heavy atom. The topological polar surface area (TPSA) is 58.7 Å². The normalized spacial score (nSPS) is 19.3. The Hall–Kier alpha value is -2.10. The molecule has 2 N–H and O–H groups in total. The van der Waals surface area contributed by atoms with Crippen LogP contribution in [0.1, 0.15) is 5.56 Å². The molecule has 0 radical (unpaired) electrons. The number of nitrogens with two attached hydrogens (primary N) is 1. The first-order valence-electron chi connectivity index (χ1n) is 5.52. The maximum Gasteiger partial charge on any atom is 0.346 e. The second-order valence-corrected chi connectivity index (χ2v) is 3.97. The van der Waals surface area contributed by atoms with Crippen molar-refractivity contribution in [1.29, 1.82) is 0 Å². The van der Waals surface area contributed by atoms with Crippen molar-refractivity contribution in [3.05, 3.63) is 48.6 Å². The first kappa shape index (κ1) is 11.4. The Kier molecular flexibility index (Phi) is 3.23. The molecule has 0 aromatic heterocycles. The maximum absolute atomic E-state index is 11.6. The first-order chi connectivity index (χ1) is 8.22. The van der Waals surface area contributed by atoms with E-state index in [1.54, 1.807) is 11.0 Å². The number of aliphatic imine (C=N–C) groups is 1. The molecule has 0 fully saturated rings. The molecule has 0 aliphatic carbocycles. The molecule has 1 aromatic carbocycles. The molecule has 1 aromatic rings. The molecule has 0 saturated heterocycles. The lowest BCUT2D eigenvalue weighted by Gasteiger charge is -2.22. The van der Waals surface area contributed by atoms with Gasteiger partial charge >= 0.3 is 6.03 Å². The van der Waals surface area contributed by atoms with Crippen LogP contribution in [0.4, 0.5) is 4.79 Å². The summed E-state index contributed by atoms with van der Waals surface area (Å²) in [6.45, 7) is 4.11. The number of nitrogens with zero attached hydrogens (tertiary/aromatic N) is 2. The number of carbonyl (C=O) groups is 1. The number of urea groups is 1. The summed E-state index contributed by atoms with van der Waals surface area (Å²) >= 11 is 0. The molecule has 1 atom stereocenters. The lowest BCUT2D eigenvalue weighted by atomic mass is 10.0.